The molecule has 0 radical (unpaired) electrons. The second-order valence-corrected chi connectivity index (χ2v) is 3.28. The normalized spacial score (nSPS) is 11.9. The maximum absolute atomic E-state index is 13.5. The summed E-state index contributed by atoms with van der Waals surface area (Å²) < 4.78 is 51.0. The van der Waals surface area contributed by atoms with Gasteiger partial charge in [-0.15, -0.1) is 0 Å². The highest BCUT2D eigenvalue weighted by molar-refractivity contribution is 5.53. The third-order valence-corrected chi connectivity index (χ3v) is 2.31. The molecule has 2 N–H and O–H groups in total. The molecule has 0 aliphatic carbocycles. The summed E-state index contributed by atoms with van der Waals surface area (Å²) in [7, 11) is 0. The Balaban J connectivity index is 3.53. The van der Waals surface area contributed by atoms with Crippen molar-refractivity contribution in [2.75, 3.05) is 5.73 Å². The monoisotopic (exact) mass is 221 g/mol. The molecule has 0 unspecified atom stereocenters. The van der Waals surface area contributed by atoms with E-state index in [2.05, 4.69) is 0 Å². The molecule has 0 heterocycles. The molecule has 0 bridgehead atoms. The first kappa shape index (κ1) is 11.8. The predicted octanol–water partition coefficient (Wildman–Crippen LogP) is 3.30. The van der Waals surface area contributed by atoms with Crippen LogP contribution in [0.2, 0.25) is 0 Å². The molecule has 0 saturated heterocycles. The SMILES string of the molecule is CCc1c(C(F)(F)F)cc(N)c(C)c1F. The van der Waals surface area contributed by atoms with Crippen LogP contribution in [0.25, 0.3) is 0 Å². The minimum Gasteiger partial charge on any atom is -0.398 e. The van der Waals surface area contributed by atoms with Gasteiger partial charge in [-0.3, -0.25) is 0 Å². The zero-order valence-electron chi connectivity index (χ0n) is 8.37. The summed E-state index contributed by atoms with van der Waals surface area (Å²) in [6.07, 6.45) is -4.57. The van der Waals surface area contributed by atoms with Gasteiger partial charge in [-0.25, -0.2) is 4.39 Å². The molecule has 0 spiro atoms. The fraction of sp³-hybridized carbons (Fsp3) is 0.400. The van der Waals surface area contributed by atoms with E-state index < -0.39 is 17.6 Å². The molecule has 0 amide bonds. The van der Waals surface area contributed by atoms with Gasteiger partial charge < -0.3 is 5.73 Å². The van der Waals surface area contributed by atoms with Crippen LogP contribution >= 0.6 is 0 Å². The summed E-state index contributed by atoms with van der Waals surface area (Å²) >= 11 is 0. The molecule has 0 fully saturated rings. The Morgan fingerprint density at radius 3 is 2.27 bits per heavy atom. The van der Waals surface area contributed by atoms with Gasteiger partial charge in [0.05, 0.1) is 5.56 Å². The van der Waals surface area contributed by atoms with Gasteiger partial charge in [-0.2, -0.15) is 13.2 Å². The Bertz CT molecular complexity index is 382. The fourth-order valence-electron chi connectivity index (χ4n) is 1.42. The van der Waals surface area contributed by atoms with Crippen LogP contribution < -0.4 is 5.73 Å². The maximum Gasteiger partial charge on any atom is 0.416 e. The molecule has 84 valence electrons. The lowest BCUT2D eigenvalue weighted by molar-refractivity contribution is -0.138. The number of benzene rings is 1. The summed E-state index contributed by atoms with van der Waals surface area (Å²) in [6.45, 7) is 2.84. The molecule has 0 aliphatic heterocycles. The highest BCUT2D eigenvalue weighted by Gasteiger charge is 2.35. The van der Waals surface area contributed by atoms with E-state index in [0.29, 0.717) is 0 Å². The van der Waals surface area contributed by atoms with Crippen molar-refractivity contribution in [3.63, 3.8) is 0 Å². The van der Waals surface area contributed by atoms with Gasteiger partial charge in [-0.1, -0.05) is 6.92 Å². The average molecular weight is 221 g/mol. The Hall–Kier alpha value is -1.26. The first-order valence-corrected chi connectivity index (χ1v) is 4.43. The number of alkyl halides is 3. The van der Waals surface area contributed by atoms with Crippen molar-refractivity contribution >= 4 is 5.69 Å². The minimum absolute atomic E-state index is 0.0121. The number of anilines is 1. The lowest BCUT2D eigenvalue weighted by atomic mass is 9.99. The summed E-state index contributed by atoms with van der Waals surface area (Å²) in [5.74, 6) is -0.857. The van der Waals surface area contributed by atoms with Gasteiger partial charge >= 0.3 is 6.18 Å². The van der Waals surface area contributed by atoms with E-state index in [1.54, 1.807) is 0 Å². The number of halogens is 4. The first-order chi connectivity index (χ1) is 6.79. The van der Waals surface area contributed by atoms with Crippen LogP contribution in [-0.4, -0.2) is 0 Å². The second-order valence-electron chi connectivity index (χ2n) is 3.28. The van der Waals surface area contributed by atoms with Crippen molar-refractivity contribution < 1.29 is 17.6 Å². The van der Waals surface area contributed by atoms with Crippen molar-refractivity contribution in [1.82, 2.24) is 0 Å². The number of rotatable bonds is 1. The molecule has 1 rings (SSSR count). The van der Waals surface area contributed by atoms with Crippen molar-refractivity contribution in [3.8, 4) is 0 Å². The van der Waals surface area contributed by atoms with Crippen molar-refractivity contribution in [2.45, 2.75) is 26.4 Å². The fourth-order valence-corrected chi connectivity index (χ4v) is 1.42. The van der Waals surface area contributed by atoms with E-state index in [9.17, 15) is 17.6 Å². The van der Waals surface area contributed by atoms with E-state index >= 15 is 0 Å². The molecule has 1 aromatic rings. The number of hydrogen-bond donors (Lipinski definition) is 1. The molecular formula is C10H11F4N. The van der Waals surface area contributed by atoms with Crippen molar-refractivity contribution in [3.05, 3.63) is 28.6 Å². The zero-order chi connectivity index (χ0) is 11.8. The average Bonchev–Trinajstić information content (AvgIpc) is 2.12. The summed E-state index contributed by atoms with van der Waals surface area (Å²) in [5.41, 5.74) is 3.90. The molecule has 0 aliphatic rings. The van der Waals surface area contributed by atoms with Gasteiger partial charge in [0.2, 0.25) is 0 Å². The van der Waals surface area contributed by atoms with Gasteiger partial charge in [0.15, 0.2) is 0 Å². The van der Waals surface area contributed by atoms with E-state index in [4.69, 9.17) is 5.73 Å². The molecule has 1 aromatic carbocycles. The summed E-state index contributed by atoms with van der Waals surface area (Å²) in [5, 5.41) is 0. The molecule has 0 atom stereocenters. The lowest BCUT2D eigenvalue weighted by Crippen LogP contribution is -2.13. The van der Waals surface area contributed by atoms with Crippen LogP contribution in [0.3, 0.4) is 0 Å². The number of nitrogen functional groups attached to an aromatic ring is 1. The van der Waals surface area contributed by atoms with Crippen LogP contribution in [0.5, 0.6) is 0 Å². The Morgan fingerprint density at radius 2 is 1.87 bits per heavy atom. The maximum atomic E-state index is 13.5. The Morgan fingerprint density at radius 1 is 1.33 bits per heavy atom. The smallest absolute Gasteiger partial charge is 0.398 e. The molecule has 1 nitrogen and oxygen atoms in total. The van der Waals surface area contributed by atoms with E-state index in [1.807, 2.05) is 0 Å². The van der Waals surface area contributed by atoms with Crippen LogP contribution in [0, 0.1) is 12.7 Å². The number of nitrogens with two attached hydrogens (primary N) is 1. The molecule has 15 heavy (non-hydrogen) atoms. The van der Waals surface area contributed by atoms with Gasteiger partial charge in [0.1, 0.15) is 5.82 Å². The highest BCUT2D eigenvalue weighted by Crippen LogP contribution is 2.36. The zero-order valence-corrected chi connectivity index (χ0v) is 8.37. The third kappa shape index (κ3) is 2.06. The summed E-state index contributed by atoms with van der Waals surface area (Å²) in [6, 6.07) is 0.789. The molecule has 0 saturated carbocycles. The Kier molecular flexibility index (Phi) is 2.93. The van der Waals surface area contributed by atoms with Gasteiger partial charge in [-0.05, 0) is 19.4 Å². The van der Waals surface area contributed by atoms with Crippen molar-refractivity contribution in [1.29, 1.82) is 0 Å². The van der Waals surface area contributed by atoms with Crippen LogP contribution in [0.1, 0.15) is 23.6 Å². The number of hydrogen-bond acceptors (Lipinski definition) is 1. The Labute approximate surface area is 84.9 Å². The highest BCUT2D eigenvalue weighted by atomic mass is 19.4. The van der Waals surface area contributed by atoms with E-state index in [0.717, 1.165) is 6.07 Å². The third-order valence-electron chi connectivity index (χ3n) is 2.31. The van der Waals surface area contributed by atoms with Crippen LogP contribution in [0.15, 0.2) is 6.07 Å². The quantitative estimate of drug-likeness (QED) is 0.571. The van der Waals surface area contributed by atoms with Crippen LogP contribution in [-0.2, 0) is 12.6 Å². The first-order valence-electron chi connectivity index (χ1n) is 4.43. The topological polar surface area (TPSA) is 26.0 Å². The van der Waals surface area contributed by atoms with Crippen molar-refractivity contribution in [2.24, 2.45) is 0 Å². The van der Waals surface area contributed by atoms with E-state index in [1.165, 1.54) is 13.8 Å². The van der Waals surface area contributed by atoms with Gasteiger partial charge in [0.25, 0.3) is 0 Å². The minimum atomic E-state index is -4.56. The largest absolute Gasteiger partial charge is 0.416 e. The standard InChI is InChI=1S/C10H11F4N/c1-3-6-7(10(12,13)14)4-8(15)5(2)9(6)11/h4H,3,15H2,1-2H3. The van der Waals surface area contributed by atoms with Gasteiger partial charge in [0, 0.05) is 16.8 Å². The lowest BCUT2D eigenvalue weighted by Gasteiger charge is -2.15. The predicted molar refractivity (Wildman–Crippen MR) is 49.9 cm³/mol. The molecule has 0 aromatic heterocycles. The van der Waals surface area contributed by atoms with E-state index in [-0.39, 0.29) is 23.2 Å². The molecular weight excluding hydrogens is 210 g/mol. The molecule has 5 heteroatoms. The van der Waals surface area contributed by atoms with Crippen LogP contribution in [0.4, 0.5) is 23.2 Å². The summed E-state index contributed by atoms with van der Waals surface area (Å²) in [4.78, 5) is 0. The second kappa shape index (κ2) is 3.72.